The van der Waals surface area contributed by atoms with Crippen LogP contribution in [-0.2, 0) is 23.7 Å². The first-order chi connectivity index (χ1) is 10.1. The Hall–Kier alpha value is -1.54. The van der Waals surface area contributed by atoms with Crippen molar-refractivity contribution in [1.29, 1.82) is 0 Å². The van der Waals surface area contributed by atoms with E-state index in [0.29, 0.717) is 25.9 Å². The van der Waals surface area contributed by atoms with Gasteiger partial charge in [0.15, 0.2) is 0 Å². The largest absolute Gasteiger partial charge is 0.508 e. The molecular formula is C13H24O8. The smallest absolute Gasteiger partial charge is 0.450 e. The summed E-state index contributed by atoms with van der Waals surface area (Å²) in [5.74, 6) is 0. The van der Waals surface area contributed by atoms with Gasteiger partial charge in [-0.05, 0) is 6.42 Å². The topological polar surface area (TPSA) is 101 Å². The van der Waals surface area contributed by atoms with Gasteiger partial charge in [-0.3, -0.25) is 0 Å². The summed E-state index contributed by atoms with van der Waals surface area (Å²) in [5, 5.41) is 8.37. The van der Waals surface area contributed by atoms with Crippen molar-refractivity contribution in [3.05, 3.63) is 0 Å². The van der Waals surface area contributed by atoms with Crippen LogP contribution in [0.1, 0.15) is 32.6 Å². The molecule has 0 spiro atoms. The Bertz CT molecular complexity index is 281. The first-order valence-corrected chi connectivity index (χ1v) is 6.86. The minimum atomic E-state index is -1.34. The Morgan fingerprint density at radius 3 is 2.48 bits per heavy atom. The van der Waals surface area contributed by atoms with Gasteiger partial charge in [-0.15, -0.1) is 0 Å². The van der Waals surface area contributed by atoms with Crippen LogP contribution in [0.4, 0.5) is 9.59 Å². The van der Waals surface area contributed by atoms with Crippen molar-refractivity contribution < 1.29 is 38.4 Å². The molecule has 0 saturated heterocycles. The predicted octanol–water partition coefficient (Wildman–Crippen LogP) is 2.40. The SMILES string of the molecule is CCCC(CCOC(=O)O)OC(=O)OCCCOCOC. The molecule has 21 heavy (non-hydrogen) atoms. The van der Waals surface area contributed by atoms with E-state index in [9.17, 15) is 9.59 Å². The third-order valence-electron chi connectivity index (χ3n) is 2.39. The maximum absolute atomic E-state index is 11.4. The number of carbonyl (C=O) groups is 2. The van der Waals surface area contributed by atoms with Crippen molar-refractivity contribution in [3.8, 4) is 0 Å². The fraction of sp³-hybridized carbons (Fsp3) is 0.846. The maximum Gasteiger partial charge on any atom is 0.508 e. The standard InChI is InChI=1S/C13H24O8/c1-3-5-11(6-9-19-12(14)15)21-13(16)20-8-4-7-18-10-17-2/h11H,3-10H2,1-2H3,(H,14,15). The highest BCUT2D eigenvalue weighted by molar-refractivity contribution is 5.60. The van der Waals surface area contributed by atoms with Gasteiger partial charge in [0.1, 0.15) is 12.9 Å². The molecular weight excluding hydrogens is 284 g/mol. The Balaban J connectivity index is 3.75. The lowest BCUT2D eigenvalue weighted by Crippen LogP contribution is -2.22. The van der Waals surface area contributed by atoms with Crippen molar-refractivity contribution in [3.63, 3.8) is 0 Å². The molecule has 8 heteroatoms. The molecule has 1 unspecified atom stereocenters. The summed E-state index contributed by atoms with van der Waals surface area (Å²) in [5.41, 5.74) is 0. The molecule has 0 aromatic heterocycles. The molecule has 0 amide bonds. The van der Waals surface area contributed by atoms with Crippen LogP contribution in [-0.4, -0.2) is 57.2 Å². The van der Waals surface area contributed by atoms with E-state index >= 15 is 0 Å². The number of ether oxygens (including phenoxy) is 5. The first-order valence-electron chi connectivity index (χ1n) is 6.86. The van der Waals surface area contributed by atoms with E-state index < -0.39 is 18.4 Å². The molecule has 8 nitrogen and oxygen atoms in total. The van der Waals surface area contributed by atoms with Gasteiger partial charge in [0.05, 0.1) is 19.8 Å². The van der Waals surface area contributed by atoms with Gasteiger partial charge >= 0.3 is 12.3 Å². The summed E-state index contributed by atoms with van der Waals surface area (Å²) in [4.78, 5) is 21.7. The van der Waals surface area contributed by atoms with Crippen LogP contribution in [0.15, 0.2) is 0 Å². The number of carboxylic acid groups (broad SMARTS) is 1. The number of hydrogen-bond donors (Lipinski definition) is 1. The lowest BCUT2D eigenvalue weighted by Gasteiger charge is -2.16. The van der Waals surface area contributed by atoms with Gasteiger partial charge in [0, 0.05) is 20.0 Å². The normalized spacial score (nSPS) is 11.7. The van der Waals surface area contributed by atoms with Crippen molar-refractivity contribution >= 4 is 12.3 Å². The van der Waals surface area contributed by atoms with E-state index in [-0.39, 0.29) is 20.0 Å². The molecule has 0 bridgehead atoms. The summed E-state index contributed by atoms with van der Waals surface area (Å²) >= 11 is 0. The monoisotopic (exact) mass is 308 g/mol. The third kappa shape index (κ3) is 13.2. The van der Waals surface area contributed by atoms with Crippen molar-refractivity contribution in [2.24, 2.45) is 0 Å². The van der Waals surface area contributed by atoms with Crippen LogP contribution in [0, 0.1) is 0 Å². The molecule has 0 radical (unpaired) electrons. The van der Waals surface area contributed by atoms with Crippen LogP contribution in [0.5, 0.6) is 0 Å². The van der Waals surface area contributed by atoms with E-state index in [0.717, 1.165) is 6.42 Å². The fourth-order valence-corrected chi connectivity index (χ4v) is 1.49. The Morgan fingerprint density at radius 1 is 1.10 bits per heavy atom. The molecule has 0 fully saturated rings. The van der Waals surface area contributed by atoms with E-state index in [1.807, 2.05) is 6.92 Å². The van der Waals surface area contributed by atoms with Gasteiger partial charge in [0.2, 0.25) is 0 Å². The lowest BCUT2D eigenvalue weighted by atomic mass is 10.1. The average molecular weight is 308 g/mol. The lowest BCUT2D eigenvalue weighted by molar-refractivity contribution is -0.0380. The predicted molar refractivity (Wildman–Crippen MR) is 72.2 cm³/mol. The molecule has 0 saturated carbocycles. The van der Waals surface area contributed by atoms with Gasteiger partial charge in [0.25, 0.3) is 0 Å². The highest BCUT2D eigenvalue weighted by Crippen LogP contribution is 2.09. The van der Waals surface area contributed by atoms with Crippen LogP contribution in [0.2, 0.25) is 0 Å². The first kappa shape index (κ1) is 19.5. The average Bonchev–Trinajstić information content (AvgIpc) is 2.42. The number of carbonyl (C=O) groups excluding carboxylic acids is 1. The van der Waals surface area contributed by atoms with Crippen LogP contribution >= 0.6 is 0 Å². The van der Waals surface area contributed by atoms with Crippen molar-refractivity contribution in [2.45, 2.75) is 38.7 Å². The quantitative estimate of drug-likeness (QED) is 0.333. The molecule has 0 rings (SSSR count). The van der Waals surface area contributed by atoms with Crippen LogP contribution in [0.3, 0.4) is 0 Å². The maximum atomic E-state index is 11.4. The molecule has 0 aliphatic carbocycles. The minimum absolute atomic E-state index is 0.0157. The summed E-state index contributed by atoms with van der Waals surface area (Å²) in [6.45, 7) is 2.73. The molecule has 1 atom stereocenters. The number of methoxy groups -OCH3 is 1. The molecule has 0 aromatic carbocycles. The number of hydrogen-bond acceptors (Lipinski definition) is 7. The van der Waals surface area contributed by atoms with Gasteiger partial charge in [-0.1, -0.05) is 13.3 Å². The molecule has 0 aliphatic heterocycles. The zero-order chi connectivity index (χ0) is 15.9. The summed E-state index contributed by atoms with van der Waals surface area (Å²) in [7, 11) is 1.52. The molecule has 124 valence electrons. The summed E-state index contributed by atoms with van der Waals surface area (Å²) in [6, 6.07) is 0. The zero-order valence-corrected chi connectivity index (χ0v) is 12.5. The fourth-order valence-electron chi connectivity index (χ4n) is 1.49. The van der Waals surface area contributed by atoms with Crippen LogP contribution < -0.4 is 0 Å². The number of rotatable bonds is 12. The van der Waals surface area contributed by atoms with Gasteiger partial charge < -0.3 is 28.8 Å². The molecule has 0 aromatic rings. The second-order valence-corrected chi connectivity index (χ2v) is 4.20. The summed E-state index contributed by atoms with van der Waals surface area (Å²) in [6.07, 6.45) is -0.248. The van der Waals surface area contributed by atoms with E-state index in [1.54, 1.807) is 0 Å². The highest BCUT2D eigenvalue weighted by Gasteiger charge is 2.15. The van der Waals surface area contributed by atoms with Gasteiger partial charge in [-0.2, -0.15) is 0 Å². The second kappa shape index (κ2) is 13.4. The molecule has 0 aliphatic rings. The second-order valence-electron chi connectivity index (χ2n) is 4.20. The van der Waals surface area contributed by atoms with E-state index in [2.05, 4.69) is 4.74 Å². The van der Waals surface area contributed by atoms with E-state index in [1.165, 1.54) is 7.11 Å². The summed E-state index contributed by atoms with van der Waals surface area (Å²) < 4.78 is 24.1. The Labute approximate surface area is 124 Å². The van der Waals surface area contributed by atoms with Crippen molar-refractivity contribution in [2.75, 3.05) is 33.7 Å². The van der Waals surface area contributed by atoms with Gasteiger partial charge in [-0.25, -0.2) is 9.59 Å². The zero-order valence-electron chi connectivity index (χ0n) is 12.5. The Morgan fingerprint density at radius 2 is 1.86 bits per heavy atom. The molecule has 0 heterocycles. The minimum Gasteiger partial charge on any atom is -0.450 e. The van der Waals surface area contributed by atoms with Crippen molar-refractivity contribution in [1.82, 2.24) is 0 Å². The van der Waals surface area contributed by atoms with E-state index in [4.69, 9.17) is 24.1 Å². The van der Waals surface area contributed by atoms with Crippen LogP contribution in [0.25, 0.3) is 0 Å². The third-order valence-corrected chi connectivity index (χ3v) is 2.39. The Kier molecular flexibility index (Phi) is 12.5. The molecule has 1 N–H and O–H groups in total. The highest BCUT2D eigenvalue weighted by atomic mass is 16.7.